The summed E-state index contributed by atoms with van der Waals surface area (Å²) >= 11 is 1.07. The standard InChI is InChI=1S/C20H18FN5O4S/c1-9-3-11(5-12(21)4-9)13(27)6-14-24-15(30-25-14)7-26-8-23-19-16(20(26)29)10(2)17(31-19)18(22)28/h3-5,8,13,27H,6-7H2,1-2H3,(H2,22,28)/t13-/m0/s1. The van der Waals surface area contributed by atoms with Crippen molar-refractivity contribution in [2.45, 2.75) is 32.9 Å². The lowest BCUT2D eigenvalue weighted by molar-refractivity contribution is 0.100. The van der Waals surface area contributed by atoms with Crippen LogP contribution in [-0.2, 0) is 13.0 Å². The van der Waals surface area contributed by atoms with E-state index in [1.54, 1.807) is 19.9 Å². The molecule has 0 fully saturated rings. The Hall–Kier alpha value is -3.44. The number of nitrogens with zero attached hydrogens (tertiary/aromatic N) is 4. The summed E-state index contributed by atoms with van der Waals surface area (Å²) in [7, 11) is 0. The molecule has 0 saturated carbocycles. The monoisotopic (exact) mass is 443 g/mol. The highest BCUT2D eigenvalue weighted by atomic mass is 32.1. The molecule has 3 heterocycles. The van der Waals surface area contributed by atoms with E-state index in [0.29, 0.717) is 31.8 Å². The van der Waals surface area contributed by atoms with E-state index < -0.39 is 17.8 Å². The first-order chi connectivity index (χ1) is 14.7. The molecule has 0 bridgehead atoms. The molecule has 1 atom stereocenters. The number of hydrogen-bond donors (Lipinski definition) is 2. The lowest BCUT2D eigenvalue weighted by atomic mass is 10.0. The van der Waals surface area contributed by atoms with Gasteiger partial charge in [0.1, 0.15) is 17.2 Å². The number of carbonyl (C=O) groups excluding carboxylic acids is 1. The van der Waals surface area contributed by atoms with Crippen molar-refractivity contribution in [3.63, 3.8) is 0 Å². The van der Waals surface area contributed by atoms with Crippen LogP contribution in [0.2, 0.25) is 0 Å². The van der Waals surface area contributed by atoms with E-state index in [1.165, 1.54) is 23.0 Å². The van der Waals surface area contributed by atoms with Gasteiger partial charge in [0.2, 0.25) is 5.89 Å². The van der Waals surface area contributed by atoms with Gasteiger partial charge in [-0.15, -0.1) is 11.3 Å². The largest absolute Gasteiger partial charge is 0.388 e. The number of benzene rings is 1. The van der Waals surface area contributed by atoms with Crippen LogP contribution in [0.25, 0.3) is 10.2 Å². The zero-order valence-electron chi connectivity index (χ0n) is 16.6. The molecule has 3 N–H and O–H groups in total. The van der Waals surface area contributed by atoms with Crippen LogP contribution in [0.5, 0.6) is 0 Å². The molecule has 0 saturated heterocycles. The van der Waals surface area contributed by atoms with Crippen molar-refractivity contribution >= 4 is 27.5 Å². The van der Waals surface area contributed by atoms with Gasteiger partial charge in [-0.1, -0.05) is 11.2 Å². The van der Waals surface area contributed by atoms with Crippen LogP contribution >= 0.6 is 11.3 Å². The Morgan fingerprint density at radius 1 is 1.35 bits per heavy atom. The Kier molecular flexibility index (Phi) is 5.38. The summed E-state index contributed by atoms with van der Waals surface area (Å²) in [4.78, 5) is 33.5. The molecule has 0 aliphatic heterocycles. The molecule has 4 aromatic rings. The third-order valence-electron chi connectivity index (χ3n) is 4.78. The number of aliphatic hydroxyl groups excluding tert-OH is 1. The molecule has 31 heavy (non-hydrogen) atoms. The predicted octanol–water partition coefficient (Wildman–Crippen LogP) is 2.02. The summed E-state index contributed by atoms with van der Waals surface area (Å²) in [5.41, 5.74) is 6.58. The second kappa shape index (κ2) is 8.00. The predicted molar refractivity (Wildman–Crippen MR) is 110 cm³/mol. The lowest BCUT2D eigenvalue weighted by Crippen LogP contribution is -2.21. The summed E-state index contributed by atoms with van der Waals surface area (Å²) in [6.45, 7) is 3.34. The highest BCUT2D eigenvalue weighted by molar-refractivity contribution is 7.20. The van der Waals surface area contributed by atoms with Gasteiger partial charge in [-0.05, 0) is 42.7 Å². The van der Waals surface area contributed by atoms with Crippen LogP contribution in [0.15, 0.2) is 33.8 Å². The van der Waals surface area contributed by atoms with Gasteiger partial charge in [0, 0.05) is 6.42 Å². The molecule has 4 rings (SSSR count). The highest BCUT2D eigenvalue weighted by Crippen LogP contribution is 2.26. The number of rotatable bonds is 6. The summed E-state index contributed by atoms with van der Waals surface area (Å²) in [6, 6.07) is 4.30. The average Bonchev–Trinajstić information content (AvgIpc) is 3.27. The number of carbonyl (C=O) groups is 1. The topological polar surface area (TPSA) is 137 Å². The summed E-state index contributed by atoms with van der Waals surface area (Å²) in [5, 5.41) is 14.5. The first-order valence-electron chi connectivity index (χ1n) is 9.28. The fraction of sp³-hybridized carbons (Fsp3) is 0.250. The van der Waals surface area contributed by atoms with Gasteiger partial charge >= 0.3 is 0 Å². The molecular weight excluding hydrogens is 425 g/mol. The quantitative estimate of drug-likeness (QED) is 0.465. The molecule has 11 heteroatoms. The van der Waals surface area contributed by atoms with E-state index in [4.69, 9.17) is 10.3 Å². The second-order valence-electron chi connectivity index (χ2n) is 7.16. The van der Waals surface area contributed by atoms with Crippen molar-refractivity contribution in [3.05, 3.63) is 74.0 Å². The lowest BCUT2D eigenvalue weighted by Gasteiger charge is -2.09. The number of thiophene rings is 1. The van der Waals surface area contributed by atoms with Crippen LogP contribution in [0.3, 0.4) is 0 Å². The Labute approximate surface area is 179 Å². The molecular formula is C20H18FN5O4S. The van der Waals surface area contributed by atoms with E-state index in [-0.39, 0.29) is 30.2 Å². The van der Waals surface area contributed by atoms with Crippen LogP contribution in [0, 0.1) is 19.7 Å². The Morgan fingerprint density at radius 2 is 2.13 bits per heavy atom. The van der Waals surface area contributed by atoms with Gasteiger partial charge in [-0.3, -0.25) is 14.2 Å². The molecule has 1 amide bonds. The number of fused-ring (bicyclic) bond motifs is 1. The Bertz CT molecular complexity index is 1340. The van der Waals surface area contributed by atoms with Crippen molar-refractivity contribution in [3.8, 4) is 0 Å². The maximum absolute atomic E-state index is 13.6. The first kappa shape index (κ1) is 20.8. The molecule has 9 nitrogen and oxygen atoms in total. The Balaban J connectivity index is 1.55. The molecule has 0 aliphatic rings. The van der Waals surface area contributed by atoms with Crippen LogP contribution < -0.4 is 11.3 Å². The first-order valence-corrected chi connectivity index (χ1v) is 10.1. The summed E-state index contributed by atoms with van der Waals surface area (Å²) < 4.78 is 20.0. The number of aromatic nitrogens is 4. The summed E-state index contributed by atoms with van der Waals surface area (Å²) in [5.74, 6) is -0.688. The molecule has 0 aliphatic carbocycles. The number of halogens is 1. The minimum absolute atomic E-state index is 0.0180. The van der Waals surface area contributed by atoms with Gasteiger partial charge in [0.15, 0.2) is 5.82 Å². The smallest absolute Gasteiger partial charge is 0.262 e. The highest BCUT2D eigenvalue weighted by Gasteiger charge is 2.19. The number of nitrogens with two attached hydrogens (primary N) is 1. The van der Waals surface area contributed by atoms with Gasteiger partial charge in [0.25, 0.3) is 11.5 Å². The van der Waals surface area contributed by atoms with E-state index in [1.807, 2.05) is 0 Å². The van der Waals surface area contributed by atoms with Crippen LogP contribution in [0.4, 0.5) is 4.39 Å². The molecule has 160 valence electrons. The normalized spacial score (nSPS) is 12.4. The zero-order chi connectivity index (χ0) is 22.3. The van der Waals surface area contributed by atoms with Crippen LogP contribution in [-0.4, -0.2) is 30.7 Å². The fourth-order valence-electron chi connectivity index (χ4n) is 3.34. The number of aliphatic hydroxyl groups is 1. The van der Waals surface area contributed by atoms with E-state index >= 15 is 0 Å². The number of hydrogen-bond acceptors (Lipinski definition) is 8. The number of aryl methyl sites for hydroxylation is 2. The average molecular weight is 443 g/mol. The third kappa shape index (κ3) is 4.09. The molecule has 1 aromatic carbocycles. The minimum Gasteiger partial charge on any atom is -0.388 e. The maximum Gasteiger partial charge on any atom is 0.262 e. The van der Waals surface area contributed by atoms with E-state index in [2.05, 4.69) is 15.1 Å². The summed E-state index contributed by atoms with van der Waals surface area (Å²) in [6.07, 6.45) is 0.338. The molecule has 0 unspecified atom stereocenters. The second-order valence-corrected chi connectivity index (χ2v) is 8.16. The van der Waals surface area contributed by atoms with Gasteiger partial charge < -0.3 is 15.4 Å². The zero-order valence-corrected chi connectivity index (χ0v) is 17.4. The van der Waals surface area contributed by atoms with Gasteiger partial charge in [-0.25, -0.2) is 9.37 Å². The third-order valence-corrected chi connectivity index (χ3v) is 6.00. The number of amides is 1. The SMILES string of the molecule is Cc1cc(F)cc([C@@H](O)Cc2noc(Cn3cnc4sc(C(N)=O)c(C)c4c3=O)n2)c1. The van der Waals surface area contributed by atoms with Crippen molar-refractivity contribution in [2.24, 2.45) is 5.73 Å². The van der Waals surface area contributed by atoms with E-state index in [9.17, 15) is 19.1 Å². The van der Waals surface area contributed by atoms with Gasteiger partial charge in [-0.2, -0.15) is 4.98 Å². The maximum atomic E-state index is 13.6. The van der Waals surface area contributed by atoms with Crippen LogP contribution in [0.1, 0.15) is 44.2 Å². The fourth-order valence-corrected chi connectivity index (χ4v) is 4.33. The Morgan fingerprint density at radius 3 is 2.84 bits per heavy atom. The molecule has 0 radical (unpaired) electrons. The van der Waals surface area contributed by atoms with Gasteiger partial charge in [0.05, 0.1) is 22.7 Å². The number of primary amides is 1. The van der Waals surface area contributed by atoms with Crippen molar-refractivity contribution in [1.29, 1.82) is 0 Å². The minimum atomic E-state index is -1.01. The molecule has 3 aromatic heterocycles. The van der Waals surface area contributed by atoms with E-state index in [0.717, 1.165) is 11.3 Å². The molecule has 0 spiro atoms. The van der Waals surface area contributed by atoms with Crippen molar-refractivity contribution in [2.75, 3.05) is 0 Å². The van der Waals surface area contributed by atoms with Crippen molar-refractivity contribution in [1.82, 2.24) is 19.7 Å². The van der Waals surface area contributed by atoms with Crippen molar-refractivity contribution < 1.29 is 18.8 Å².